The van der Waals surface area contributed by atoms with Crippen LogP contribution >= 0.6 is 0 Å². The molecule has 4 amide bonds. The SMILES string of the molecule is CC(C)CN(C[C@@H](O)[C@H](Cc1ccccc1)NC(=O)[C@@H](NC(=O)CN(Cc1ccccc1)C(=O)OCc1ccccc1)C(C)(C)C)C(=O)OC(C)(C)C. The number of aliphatic hydroxyl groups excluding tert-OH is 1. The first-order chi connectivity index (χ1) is 24.9. The molecule has 3 atom stereocenters. The summed E-state index contributed by atoms with van der Waals surface area (Å²) in [5, 5.41) is 17.5. The summed E-state index contributed by atoms with van der Waals surface area (Å²) < 4.78 is 11.2. The van der Waals surface area contributed by atoms with Gasteiger partial charge in [0.15, 0.2) is 0 Å². The molecular weight excluding hydrogens is 672 g/mol. The van der Waals surface area contributed by atoms with Gasteiger partial charge in [-0.25, -0.2) is 9.59 Å². The van der Waals surface area contributed by atoms with Crippen LogP contribution in [0, 0.1) is 11.3 Å². The lowest BCUT2D eigenvalue weighted by molar-refractivity contribution is -0.133. The van der Waals surface area contributed by atoms with Crippen molar-refractivity contribution in [3.8, 4) is 0 Å². The van der Waals surface area contributed by atoms with E-state index in [-0.39, 0.29) is 38.6 Å². The van der Waals surface area contributed by atoms with Gasteiger partial charge in [-0.1, -0.05) is 126 Å². The first kappa shape index (κ1) is 42.5. The van der Waals surface area contributed by atoms with Crippen LogP contribution in [0.2, 0.25) is 0 Å². The van der Waals surface area contributed by atoms with Crippen LogP contribution < -0.4 is 10.6 Å². The van der Waals surface area contributed by atoms with E-state index in [1.54, 1.807) is 20.8 Å². The predicted octanol–water partition coefficient (Wildman–Crippen LogP) is 6.34. The van der Waals surface area contributed by atoms with Crippen molar-refractivity contribution in [3.63, 3.8) is 0 Å². The number of benzene rings is 3. The van der Waals surface area contributed by atoms with Gasteiger partial charge in [0.2, 0.25) is 11.8 Å². The number of rotatable bonds is 16. The van der Waals surface area contributed by atoms with E-state index < -0.39 is 53.2 Å². The molecule has 53 heavy (non-hydrogen) atoms. The third kappa shape index (κ3) is 15.3. The maximum absolute atomic E-state index is 14.1. The lowest BCUT2D eigenvalue weighted by Gasteiger charge is -2.35. The summed E-state index contributed by atoms with van der Waals surface area (Å²) in [5.41, 5.74) is 0.979. The van der Waals surface area contributed by atoms with Crippen LogP contribution in [-0.2, 0) is 38.6 Å². The first-order valence-corrected chi connectivity index (χ1v) is 18.2. The Kier molecular flexibility index (Phi) is 15.9. The van der Waals surface area contributed by atoms with Crippen LogP contribution in [0.4, 0.5) is 9.59 Å². The normalized spacial score (nSPS) is 13.3. The average molecular weight is 731 g/mol. The Bertz CT molecular complexity index is 1590. The number of ether oxygens (including phenoxy) is 2. The van der Waals surface area contributed by atoms with Gasteiger partial charge in [0.25, 0.3) is 0 Å². The zero-order chi connectivity index (χ0) is 39.2. The highest BCUT2D eigenvalue weighted by atomic mass is 16.6. The molecule has 0 unspecified atom stereocenters. The molecule has 3 aromatic carbocycles. The Hall–Kier alpha value is -4.90. The number of hydrogen-bond donors (Lipinski definition) is 3. The lowest BCUT2D eigenvalue weighted by atomic mass is 9.85. The monoisotopic (exact) mass is 730 g/mol. The van der Waals surface area contributed by atoms with Crippen LogP contribution in [0.3, 0.4) is 0 Å². The van der Waals surface area contributed by atoms with Gasteiger partial charge < -0.3 is 30.1 Å². The zero-order valence-corrected chi connectivity index (χ0v) is 32.5. The number of aliphatic hydroxyl groups is 1. The summed E-state index contributed by atoms with van der Waals surface area (Å²) in [6, 6.07) is 26.1. The molecule has 3 N–H and O–H groups in total. The van der Waals surface area contributed by atoms with Crippen molar-refractivity contribution in [2.45, 2.75) is 98.8 Å². The fourth-order valence-corrected chi connectivity index (χ4v) is 5.62. The molecule has 0 fully saturated rings. The molecule has 11 heteroatoms. The van der Waals surface area contributed by atoms with E-state index in [4.69, 9.17) is 9.47 Å². The molecule has 0 heterocycles. The Morgan fingerprint density at radius 2 is 1.23 bits per heavy atom. The first-order valence-electron chi connectivity index (χ1n) is 18.2. The van der Waals surface area contributed by atoms with Gasteiger partial charge in [0.05, 0.1) is 18.7 Å². The van der Waals surface area contributed by atoms with Crippen LogP contribution in [0.1, 0.15) is 72.1 Å². The van der Waals surface area contributed by atoms with E-state index in [9.17, 15) is 24.3 Å². The summed E-state index contributed by atoms with van der Waals surface area (Å²) in [4.78, 5) is 57.1. The minimum absolute atomic E-state index is 0.0350. The molecule has 3 aromatic rings. The van der Waals surface area contributed by atoms with E-state index in [0.29, 0.717) is 6.54 Å². The quantitative estimate of drug-likeness (QED) is 0.157. The van der Waals surface area contributed by atoms with Crippen molar-refractivity contribution in [2.24, 2.45) is 11.3 Å². The van der Waals surface area contributed by atoms with Gasteiger partial charge in [-0.05, 0) is 55.2 Å². The van der Waals surface area contributed by atoms with E-state index in [0.717, 1.165) is 16.7 Å². The van der Waals surface area contributed by atoms with Crippen molar-refractivity contribution in [1.29, 1.82) is 0 Å². The fourth-order valence-electron chi connectivity index (χ4n) is 5.62. The Morgan fingerprint density at radius 1 is 0.698 bits per heavy atom. The number of carbonyl (C=O) groups excluding carboxylic acids is 4. The Labute approximate surface area is 315 Å². The van der Waals surface area contributed by atoms with Crippen molar-refractivity contribution >= 4 is 24.0 Å². The molecular formula is C42H58N4O7. The van der Waals surface area contributed by atoms with Gasteiger partial charge in [0, 0.05) is 13.1 Å². The molecule has 0 aliphatic heterocycles. The molecule has 0 spiro atoms. The molecule has 0 aromatic heterocycles. The molecule has 0 radical (unpaired) electrons. The fraction of sp³-hybridized carbons (Fsp3) is 0.476. The number of nitrogens with one attached hydrogen (secondary N) is 2. The third-order valence-electron chi connectivity index (χ3n) is 8.18. The van der Waals surface area contributed by atoms with Crippen molar-refractivity contribution in [2.75, 3.05) is 19.6 Å². The van der Waals surface area contributed by atoms with Crippen LogP contribution in [-0.4, -0.2) is 82.3 Å². The lowest BCUT2D eigenvalue weighted by Crippen LogP contribution is -2.59. The van der Waals surface area contributed by atoms with Crippen molar-refractivity contribution < 1.29 is 33.8 Å². The number of hydrogen-bond acceptors (Lipinski definition) is 7. The summed E-state index contributed by atoms with van der Waals surface area (Å²) in [7, 11) is 0. The van der Waals surface area contributed by atoms with E-state index in [1.165, 1.54) is 9.80 Å². The largest absolute Gasteiger partial charge is 0.445 e. The molecule has 3 rings (SSSR count). The molecule has 0 bridgehead atoms. The van der Waals surface area contributed by atoms with Gasteiger partial charge in [-0.15, -0.1) is 0 Å². The second-order valence-electron chi connectivity index (χ2n) is 15.9. The van der Waals surface area contributed by atoms with E-state index in [2.05, 4.69) is 10.6 Å². The van der Waals surface area contributed by atoms with E-state index in [1.807, 2.05) is 126 Å². The molecule has 0 aliphatic carbocycles. The topological polar surface area (TPSA) is 138 Å². The molecule has 0 aliphatic rings. The molecule has 0 saturated heterocycles. The van der Waals surface area contributed by atoms with Gasteiger partial charge in [0.1, 0.15) is 24.8 Å². The van der Waals surface area contributed by atoms with E-state index >= 15 is 0 Å². The summed E-state index contributed by atoms with van der Waals surface area (Å²) in [5.74, 6) is -0.977. The highest BCUT2D eigenvalue weighted by Gasteiger charge is 2.36. The standard InChI is InChI=1S/C42H58N4O7/c1-30(2)25-45(40(51)53-42(6,7)8)27-35(47)34(24-31-18-12-9-13-19-31)43-38(49)37(41(3,4)5)44-36(48)28-46(26-32-20-14-10-15-21-32)39(50)52-29-33-22-16-11-17-23-33/h9-23,30,34-35,37,47H,24-29H2,1-8H3,(H,43,49)(H,44,48)/t34-,35+,37+/m0/s1. The third-order valence-corrected chi connectivity index (χ3v) is 8.18. The minimum atomic E-state index is -1.18. The van der Waals surface area contributed by atoms with Gasteiger partial charge in [-0.3, -0.25) is 14.5 Å². The van der Waals surface area contributed by atoms with Crippen molar-refractivity contribution in [3.05, 3.63) is 108 Å². The summed E-state index contributed by atoms with van der Waals surface area (Å²) in [6.07, 6.45) is -2.15. The smallest absolute Gasteiger partial charge is 0.410 e. The van der Waals surface area contributed by atoms with Crippen LogP contribution in [0.5, 0.6) is 0 Å². The Balaban J connectivity index is 1.82. The highest BCUT2D eigenvalue weighted by molar-refractivity contribution is 5.90. The van der Waals surface area contributed by atoms with Gasteiger partial charge in [-0.2, -0.15) is 0 Å². The molecule has 0 saturated carbocycles. The second kappa shape index (κ2) is 19.8. The van der Waals surface area contributed by atoms with Crippen molar-refractivity contribution in [1.82, 2.24) is 20.4 Å². The zero-order valence-electron chi connectivity index (χ0n) is 32.5. The Morgan fingerprint density at radius 3 is 1.74 bits per heavy atom. The summed E-state index contributed by atoms with van der Waals surface area (Å²) >= 11 is 0. The second-order valence-corrected chi connectivity index (χ2v) is 15.9. The maximum atomic E-state index is 14.1. The van der Waals surface area contributed by atoms with Crippen LogP contribution in [0.15, 0.2) is 91.0 Å². The molecule has 288 valence electrons. The maximum Gasteiger partial charge on any atom is 0.410 e. The van der Waals surface area contributed by atoms with Crippen LogP contribution in [0.25, 0.3) is 0 Å². The predicted molar refractivity (Wildman–Crippen MR) is 206 cm³/mol. The number of nitrogens with zero attached hydrogens (tertiary/aromatic N) is 2. The minimum Gasteiger partial charge on any atom is -0.445 e. The molecule has 11 nitrogen and oxygen atoms in total. The number of carbonyl (C=O) groups is 4. The average Bonchev–Trinajstić information content (AvgIpc) is 3.08. The van der Waals surface area contributed by atoms with Gasteiger partial charge >= 0.3 is 12.2 Å². The summed E-state index contributed by atoms with van der Waals surface area (Å²) in [6.45, 7) is 14.8. The number of amides is 4. The highest BCUT2D eigenvalue weighted by Crippen LogP contribution is 2.21.